The number of carboxylic acid groups (broad SMARTS) is 1. The zero-order valence-electron chi connectivity index (χ0n) is 11.5. The van der Waals surface area contributed by atoms with Gasteiger partial charge >= 0.3 is 5.97 Å². The first-order chi connectivity index (χ1) is 10.1. The van der Waals surface area contributed by atoms with Gasteiger partial charge in [-0.2, -0.15) is 0 Å². The third kappa shape index (κ3) is 1.57. The summed E-state index contributed by atoms with van der Waals surface area (Å²) in [5, 5.41) is 10.9. The predicted molar refractivity (Wildman–Crippen MR) is 79.9 cm³/mol. The minimum absolute atomic E-state index is 0.101. The van der Waals surface area contributed by atoms with Crippen molar-refractivity contribution < 1.29 is 9.90 Å². The summed E-state index contributed by atoms with van der Waals surface area (Å²) in [6, 6.07) is 7.67. The molecule has 0 bridgehead atoms. The quantitative estimate of drug-likeness (QED) is 0.785. The van der Waals surface area contributed by atoms with Gasteiger partial charge in [0.1, 0.15) is 5.52 Å². The molecule has 21 heavy (non-hydrogen) atoms. The van der Waals surface area contributed by atoms with Crippen molar-refractivity contribution in [3.8, 4) is 0 Å². The van der Waals surface area contributed by atoms with Gasteiger partial charge in [-0.1, -0.05) is 18.2 Å². The fraction of sp³-hybridized carbons (Fsp3) is 0.250. The van der Waals surface area contributed by atoms with Crippen molar-refractivity contribution in [2.75, 3.05) is 0 Å². The normalized spacial score (nSPS) is 14.9. The van der Waals surface area contributed by atoms with Crippen LogP contribution in [0.1, 0.15) is 29.2 Å². The molecule has 5 heteroatoms. The van der Waals surface area contributed by atoms with E-state index in [1.54, 1.807) is 9.13 Å². The van der Waals surface area contributed by atoms with Crippen LogP contribution in [-0.4, -0.2) is 20.2 Å². The van der Waals surface area contributed by atoms with Gasteiger partial charge in [-0.3, -0.25) is 4.79 Å². The average molecular weight is 282 g/mol. The van der Waals surface area contributed by atoms with Crippen LogP contribution in [0, 0.1) is 0 Å². The number of aromatic carboxylic acids is 1. The number of aryl methyl sites for hydroxylation is 1. The Morgan fingerprint density at radius 1 is 1.29 bits per heavy atom. The highest BCUT2D eigenvalue weighted by molar-refractivity contribution is 6.16. The Balaban J connectivity index is 2.29. The summed E-state index contributed by atoms with van der Waals surface area (Å²) in [6.45, 7) is 0. The van der Waals surface area contributed by atoms with Gasteiger partial charge in [-0.25, -0.2) is 4.79 Å². The van der Waals surface area contributed by atoms with Crippen molar-refractivity contribution in [2.24, 2.45) is 7.05 Å². The van der Waals surface area contributed by atoms with E-state index in [2.05, 4.69) is 0 Å². The third-order valence-corrected chi connectivity index (χ3v) is 4.25. The lowest BCUT2D eigenvalue weighted by Gasteiger charge is -2.07. The lowest BCUT2D eigenvalue weighted by atomic mass is 10.1. The maximum Gasteiger partial charge on any atom is 0.337 e. The molecule has 0 radical (unpaired) electrons. The third-order valence-electron chi connectivity index (χ3n) is 4.25. The summed E-state index contributed by atoms with van der Waals surface area (Å²) < 4.78 is 3.39. The second-order valence-corrected chi connectivity index (χ2v) is 5.59. The molecular formula is C16H14N2O3. The molecule has 2 aromatic heterocycles. The van der Waals surface area contributed by atoms with Gasteiger partial charge in [0.15, 0.2) is 0 Å². The number of benzene rings is 1. The Morgan fingerprint density at radius 3 is 2.67 bits per heavy atom. The minimum atomic E-state index is -0.995. The molecule has 3 aromatic rings. The zero-order valence-corrected chi connectivity index (χ0v) is 11.5. The lowest BCUT2D eigenvalue weighted by Crippen LogP contribution is -2.22. The number of carbonyl (C=O) groups is 1. The molecule has 2 heterocycles. The lowest BCUT2D eigenvalue weighted by molar-refractivity contribution is 0.0698. The number of aromatic nitrogens is 2. The first-order valence-electron chi connectivity index (χ1n) is 6.95. The molecule has 0 unspecified atom stereocenters. The first-order valence-corrected chi connectivity index (χ1v) is 6.95. The van der Waals surface area contributed by atoms with Crippen LogP contribution in [0.4, 0.5) is 0 Å². The van der Waals surface area contributed by atoms with Gasteiger partial charge in [-0.15, -0.1) is 0 Å². The van der Waals surface area contributed by atoms with Crippen LogP contribution in [0.25, 0.3) is 21.8 Å². The molecule has 1 aliphatic rings. The van der Waals surface area contributed by atoms with E-state index >= 15 is 0 Å². The summed E-state index contributed by atoms with van der Waals surface area (Å²) in [5.74, 6) is -0.995. The van der Waals surface area contributed by atoms with Crippen LogP contribution in [0.15, 0.2) is 35.3 Å². The fourth-order valence-corrected chi connectivity index (χ4v) is 3.09. The topological polar surface area (TPSA) is 64.2 Å². The molecule has 4 rings (SSSR count). The number of nitrogens with zero attached hydrogens (tertiary/aromatic N) is 2. The number of rotatable bonds is 2. The highest BCUT2D eigenvalue weighted by Gasteiger charge is 2.28. The molecule has 1 N–H and O–H groups in total. The van der Waals surface area contributed by atoms with Gasteiger partial charge in [0, 0.05) is 35.6 Å². The summed E-state index contributed by atoms with van der Waals surface area (Å²) in [5.41, 5.74) is 1.45. The van der Waals surface area contributed by atoms with E-state index in [9.17, 15) is 14.7 Å². The predicted octanol–water partition coefficient (Wildman–Crippen LogP) is 2.53. The second-order valence-electron chi connectivity index (χ2n) is 5.59. The van der Waals surface area contributed by atoms with Crippen LogP contribution >= 0.6 is 0 Å². The van der Waals surface area contributed by atoms with Crippen LogP contribution < -0.4 is 5.56 Å². The van der Waals surface area contributed by atoms with E-state index in [0.717, 1.165) is 23.7 Å². The number of fused-ring (bicyclic) bond motifs is 3. The standard InChI is InChI=1S/C16H14N2O3/c1-17-12-5-3-2-4-10(12)13-11(16(20)21)8-18(9-6-7-9)15(19)14(13)17/h2-5,8-9H,6-7H2,1H3,(H,20,21). The Labute approximate surface area is 120 Å². The maximum absolute atomic E-state index is 12.7. The average Bonchev–Trinajstić information content (AvgIpc) is 3.26. The van der Waals surface area contributed by atoms with E-state index in [-0.39, 0.29) is 17.2 Å². The smallest absolute Gasteiger partial charge is 0.337 e. The van der Waals surface area contributed by atoms with Crippen LogP contribution in [0.5, 0.6) is 0 Å². The van der Waals surface area contributed by atoms with Crippen molar-refractivity contribution in [2.45, 2.75) is 18.9 Å². The summed E-state index contributed by atoms with van der Waals surface area (Å²) in [7, 11) is 1.81. The van der Waals surface area contributed by atoms with E-state index < -0.39 is 5.97 Å². The number of hydrogen-bond acceptors (Lipinski definition) is 2. The molecule has 1 aliphatic carbocycles. The molecule has 0 aliphatic heterocycles. The Bertz CT molecular complexity index is 961. The van der Waals surface area contributed by atoms with Crippen molar-refractivity contribution in [3.63, 3.8) is 0 Å². The van der Waals surface area contributed by atoms with Gasteiger partial charge < -0.3 is 14.2 Å². The van der Waals surface area contributed by atoms with E-state index in [1.165, 1.54) is 6.20 Å². The first kappa shape index (κ1) is 12.2. The van der Waals surface area contributed by atoms with Crippen molar-refractivity contribution >= 4 is 27.8 Å². The second kappa shape index (κ2) is 3.97. The number of pyridine rings is 1. The highest BCUT2D eigenvalue weighted by atomic mass is 16.4. The molecule has 1 aromatic carbocycles. The minimum Gasteiger partial charge on any atom is -0.478 e. The van der Waals surface area contributed by atoms with Gasteiger partial charge in [0.05, 0.1) is 5.56 Å². The van der Waals surface area contributed by atoms with E-state index in [4.69, 9.17) is 0 Å². The fourth-order valence-electron chi connectivity index (χ4n) is 3.09. The summed E-state index contributed by atoms with van der Waals surface area (Å²) in [6.07, 6.45) is 3.39. The van der Waals surface area contributed by atoms with Gasteiger partial charge in [0.25, 0.3) is 5.56 Å². The number of para-hydroxylation sites is 1. The van der Waals surface area contributed by atoms with E-state index in [1.807, 2.05) is 31.3 Å². The van der Waals surface area contributed by atoms with Gasteiger partial charge in [-0.05, 0) is 18.9 Å². The zero-order chi connectivity index (χ0) is 14.7. The Morgan fingerprint density at radius 2 is 2.00 bits per heavy atom. The van der Waals surface area contributed by atoms with E-state index in [0.29, 0.717) is 10.9 Å². The Hall–Kier alpha value is -2.56. The largest absolute Gasteiger partial charge is 0.478 e. The molecule has 0 amide bonds. The van der Waals surface area contributed by atoms with Crippen LogP contribution in [0.2, 0.25) is 0 Å². The molecule has 0 spiro atoms. The molecule has 0 atom stereocenters. The van der Waals surface area contributed by atoms with Crippen molar-refractivity contribution in [1.29, 1.82) is 0 Å². The van der Waals surface area contributed by atoms with Crippen molar-refractivity contribution in [1.82, 2.24) is 9.13 Å². The molecular weight excluding hydrogens is 268 g/mol. The molecule has 5 nitrogen and oxygen atoms in total. The highest BCUT2D eigenvalue weighted by Crippen LogP contribution is 2.36. The van der Waals surface area contributed by atoms with Crippen molar-refractivity contribution in [3.05, 3.63) is 46.4 Å². The van der Waals surface area contributed by atoms with Gasteiger partial charge in [0.2, 0.25) is 0 Å². The maximum atomic E-state index is 12.7. The summed E-state index contributed by atoms with van der Waals surface area (Å²) >= 11 is 0. The monoisotopic (exact) mass is 282 g/mol. The molecule has 106 valence electrons. The van der Waals surface area contributed by atoms with Crippen LogP contribution in [-0.2, 0) is 7.05 Å². The molecule has 1 fully saturated rings. The SMILES string of the molecule is Cn1c2ccccc2c2c(C(=O)O)cn(C3CC3)c(=O)c21. The summed E-state index contributed by atoms with van der Waals surface area (Å²) in [4.78, 5) is 24.4. The Kier molecular flexibility index (Phi) is 2.31. The number of carboxylic acids is 1. The molecule has 0 saturated heterocycles. The number of hydrogen-bond donors (Lipinski definition) is 1. The molecule has 1 saturated carbocycles. The van der Waals surface area contributed by atoms with Crippen LogP contribution in [0.3, 0.4) is 0 Å².